The summed E-state index contributed by atoms with van der Waals surface area (Å²) < 4.78 is 10.3. The van der Waals surface area contributed by atoms with E-state index in [1.165, 1.54) is 6.92 Å². The minimum Gasteiger partial charge on any atom is -0.458 e. The lowest BCUT2D eigenvalue weighted by atomic mass is 10.1. The molecule has 0 unspecified atom stereocenters. The fourth-order valence-corrected chi connectivity index (χ4v) is 0.742. The highest BCUT2D eigenvalue weighted by atomic mass is 16.6. The molecule has 0 aliphatic heterocycles. The van der Waals surface area contributed by atoms with Crippen molar-refractivity contribution in [1.82, 2.24) is 0 Å². The van der Waals surface area contributed by atoms with Gasteiger partial charge in [-0.05, 0) is 41.5 Å². The van der Waals surface area contributed by atoms with Crippen molar-refractivity contribution in [1.29, 1.82) is 0 Å². The monoisotopic (exact) mass is 216 g/mol. The maximum Gasteiger partial charge on any atom is 0.338 e. The third-order valence-corrected chi connectivity index (χ3v) is 1.53. The molecule has 0 aromatic heterocycles. The van der Waals surface area contributed by atoms with E-state index in [2.05, 4.69) is 0 Å². The maximum atomic E-state index is 11.6. The predicted molar refractivity (Wildman–Crippen MR) is 56.6 cm³/mol. The van der Waals surface area contributed by atoms with E-state index in [0.717, 1.165) is 0 Å². The lowest BCUT2D eigenvalue weighted by Gasteiger charge is -2.28. The number of ketones is 1. The first kappa shape index (κ1) is 14.1. The van der Waals surface area contributed by atoms with E-state index in [-0.39, 0.29) is 12.4 Å². The van der Waals surface area contributed by atoms with E-state index in [0.29, 0.717) is 0 Å². The molecule has 0 aliphatic rings. The lowest BCUT2D eigenvalue weighted by Crippen LogP contribution is -2.41. The van der Waals surface area contributed by atoms with Gasteiger partial charge in [-0.15, -0.1) is 0 Å². The first-order valence-corrected chi connectivity index (χ1v) is 4.91. The van der Waals surface area contributed by atoms with Gasteiger partial charge in [0.05, 0.1) is 0 Å². The van der Waals surface area contributed by atoms with Gasteiger partial charge in [-0.25, -0.2) is 4.79 Å². The predicted octanol–water partition coefficient (Wildman–Crippen LogP) is 1.71. The number of rotatable bonds is 4. The van der Waals surface area contributed by atoms with Gasteiger partial charge >= 0.3 is 5.97 Å². The fourth-order valence-electron chi connectivity index (χ4n) is 0.742. The molecule has 0 spiro atoms. The average molecular weight is 216 g/mol. The molecule has 0 bridgehead atoms. The Morgan fingerprint density at radius 2 is 1.53 bits per heavy atom. The summed E-state index contributed by atoms with van der Waals surface area (Å²) in [6.07, 6.45) is 0. The Morgan fingerprint density at radius 1 is 1.07 bits per heavy atom. The fraction of sp³-hybridized carbons (Fsp3) is 0.818. The molecule has 0 aliphatic carbocycles. The second-order valence-electron chi connectivity index (χ2n) is 5.00. The number of hydrogen-bond donors (Lipinski definition) is 0. The molecular weight excluding hydrogens is 196 g/mol. The van der Waals surface area contributed by atoms with Gasteiger partial charge in [-0.1, -0.05) is 0 Å². The Hall–Kier alpha value is -0.900. The molecule has 0 N–H and O–H groups in total. The SMILES string of the molecule is CC(=O)COC(C)(C)C(=O)OC(C)(C)C. The first-order valence-electron chi connectivity index (χ1n) is 4.91. The quantitative estimate of drug-likeness (QED) is 0.671. The summed E-state index contributed by atoms with van der Waals surface area (Å²) in [6, 6.07) is 0. The zero-order valence-electron chi connectivity index (χ0n) is 10.3. The minimum atomic E-state index is -1.08. The van der Waals surface area contributed by atoms with Crippen molar-refractivity contribution >= 4 is 11.8 Å². The number of Topliss-reactive ketones (excluding diaryl/α,β-unsaturated/α-hetero) is 1. The van der Waals surface area contributed by atoms with Crippen LogP contribution in [0.3, 0.4) is 0 Å². The van der Waals surface area contributed by atoms with Gasteiger partial charge in [0.2, 0.25) is 0 Å². The number of esters is 1. The van der Waals surface area contributed by atoms with Crippen molar-refractivity contribution in [3.05, 3.63) is 0 Å². The number of carbonyl (C=O) groups is 2. The molecule has 0 atom stereocenters. The summed E-state index contributed by atoms with van der Waals surface area (Å²) in [5.41, 5.74) is -1.63. The largest absolute Gasteiger partial charge is 0.458 e. The highest BCUT2D eigenvalue weighted by Gasteiger charge is 2.33. The Labute approximate surface area is 90.9 Å². The Balaban J connectivity index is 4.32. The van der Waals surface area contributed by atoms with E-state index in [4.69, 9.17) is 9.47 Å². The zero-order chi connectivity index (χ0) is 12.3. The summed E-state index contributed by atoms with van der Waals surface area (Å²) in [5.74, 6) is -0.581. The molecule has 0 aromatic carbocycles. The molecule has 4 heteroatoms. The van der Waals surface area contributed by atoms with E-state index in [1.807, 2.05) is 0 Å². The van der Waals surface area contributed by atoms with Gasteiger partial charge in [-0.2, -0.15) is 0 Å². The molecule has 0 saturated carbocycles. The average Bonchev–Trinajstić information content (AvgIpc) is 1.97. The molecule has 4 nitrogen and oxygen atoms in total. The molecule has 0 radical (unpaired) electrons. The summed E-state index contributed by atoms with van der Waals surface area (Å²) in [4.78, 5) is 22.4. The summed E-state index contributed by atoms with van der Waals surface area (Å²) in [7, 11) is 0. The third kappa shape index (κ3) is 6.23. The van der Waals surface area contributed by atoms with Crippen molar-refractivity contribution in [3.8, 4) is 0 Å². The van der Waals surface area contributed by atoms with Crippen LogP contribution in [0.1, 0.15) is 41.5 Å². The van der Waals surface area contributed by atoms with Crippen molar-refractivity contribution < 1.29 is 19.1 Å². The normalized spacial score (nSPS) is 12.4. The Kier molecular flexibility index (Phi) is 4.46. The van der Waals surface area contributed by atoms with Gasteiger partial charge in [0.1, 0.15) is 12.2 Å². The van der Waals surface area contributed by atoms with Crippen LogP contribution in [0.5, 0.6) is 0 Å². The first-order chi connectivity index (χ1) is 6.54. The van der Waals surface area contributed by atoms with Gasteiger partial charge in [0.15, 0.2) is 11.4 Å². The molecule has 0 amide bonds. The van der Waals surface area contributed by atoms with Crippen LogP contribution in [0.25, 0.3) is 0 Å². The van der Waals surface area contributed by atoms with Crippen molar-refractivity contribution in [2.24, 2.45) is 0 Å². The van der Waals surface area contributed by atoms with Gasteiger partial charge in [-0.3, -0.25) is 4.79 Å². The smallest absolute Gasteiger partial charge is 0.338 e. The lowest BCUT2D eigenvalue weighted by molar-refractivity contribution is -0.179. The van der Waals surface area contributed by atoms with E-state index < -0.39 is 17.2 Å². The zero-order valence-corrected chi connectivity index (χ0v) is 10.3. The minimum absolute atomic E-state index is 0.0771. The maximum absolute atomic E-state index is 11.6. The van der Waals surface area contributed by atoms with E-state index >= 15 is 0 Å². The molecule has 15 heavy (non-hydrogen) atoms. The second kappa shape index (κ2) is 4.75. The summed E-state index contributed by atoms with van der Waals surface area (Å²) in [6.45, 7) is 9.86. The molecular formula is C11H20O4. The van der Waals surface area contributed by atoms with Gasteiger partial charge in [0.25, 0.3) is 0 Å². The summed E-state index contributed by atoms with van der Waals surface area (Å²) >= 11 is 0. The Bertz CT molecular complexity index is 248. The summed E-state index contributed by atoms with van der Waals surface area (Å²) in [5, 5.41) is 0. The number of ether oxygens (including phenoxy) is 2. The number of hydrogen-bond acceptors (Lipinski definition) is 4. The van der Waals surface area contributed by atoms with E-state index in [1.54, 1.807) is 34.6 Å². The van der Waals surface area contributed by atoms with Gasteiger partial charge in [0, 0.05) is 0 Å². The van der Waals surface area contributed by atoms with Crippen LogP contribution in [0.4, 0.5) is 0 Å². The van der Waals surface area contributed by atoms with Crippen LogP contribution < -0.4 is 0 Å². The highest BCUT2D eigenvalue weighted by molar-refractivity contribution is 5.80. The molecule has 0 rings (SSSR count). The Morgan fingerprint density at radius 3 is 1.87 bits per heavy atom. The van der Waals surface area contributed by atoms with Crippen molar-refractivity contribution in [3.63, 3.8) is 0 Å². The van der Waals surface area contributed by atoms with Crippen LogP contribution in [0, 0.1) is 0 Å². The molecule has 88 valence electrons. The number of carbonyl (C=O) groups excluding carboxylic acids is 2. The molecule has 0 heterocycles. The van der Waals surface area contributed by atoms with Crippen LogP contribution >= 0.6 is 0 Å². The van der Waals surface area contributed by atoms with Crippen LogP contribution in [-0.4, -0.2) is 29.6 Å². The van der Waals surface area contributed by atoms with Crippen LogP contribution in [-0.2, 0) is 19.1 Å². The standard InChI is InChI=1S/C11H20O4/c1-8(12)7-14-11(5,6)9(13)15-10(2,3)4/h7H2,1-6H3. The highest BCUT2D eigenvalue weighted by Crippen LogP contribution is 2.17. The van der Waals surface area contributed by atoms with Gasteiger partial charge < -0.3 is 9.47 Å². The topological polar surface area (TPSA) is 52.6 Å². The molecule has 0 aromatic rings. The van der Waals surface area contributed by atoms with Crippen molar-refractivity contribution in [2.45, 2.75) is 52.7 Å². The molecule has 0 saturated heterocycles. The molecule has 0 fully saturated rings. The van der Waals surface area contributed by atoms with Crippen LogP contribution in [0.15, 0.2) is 0 Å². The second-order valence-corrected chi connectivity index (χ2v) is 5.00. The third-order valence-electron chi connectivity index (χ3n) is 1.53. The van der Waals surface area contributed by atoms with Crippen molar-refractivity contribution in [2.75, 3.05) is 6.61 Å². The van der Waals surface area contributed by atoms with Crippen LogP contribution in [0.2, 0.25) is 0 Å². The van der Waals surface area contributed by atoms with E-state index in [9.17, 15) is 9.59 Å².